The monoisotopic (exact) mass is 537 g/mol. The van der Waals surface area contributed by atoms with Crippen LogP contribution >= 0.6 is 15.9 Å². The highest BCUT2D eigenvalue weighted by Gasteiger charge is 2.18. The maximum atomic E-state index is 13.8. The van der Waals surface area contributed by atoms with Crippen molar-refractivity contribution in [2.24, 2.45) is 0 Å². The third-order valence-electron chi connectivity index (χ3n) is 4.59. The van der Waals surface area contributed by atoms with E-state index in [1.54, 1.807) is 20.8 Å². The number of nitrogens with one attached hydrogen (secondary N) is 1. The Hall–Kier alpha value is -3.25. The number of carbonyl (C=O) groups excluding carboxylic acids is 1. The molecule has 0 saturated carbocycles. The molecule has 0 radical (unpaired) electrons. The fraction of sp³-hybridized carbons (Fsp3) is 0.318. The van der Waals surface area contributed by atoms with E-state index in [-0.39, 0.29) is 41.3 Å². The molecule has 0 aliphatic rings. The van der Waals surface area contributed by atoms with Crippen LogP contribution in [0.3, 0.4) is 0 Å². The molecule has 1 aromatic carbocycles. The van der Waals surface area contributed by atoms with Crippen LogP contribution in [0.5, 0.6) is 5.88 Å². The third-order valence-corrected chi connectivity index (χ3v) is 5.27. The highest BCUT2D eigenvalue weighted by Crippen LogP contribution is 2.21. The summed E-state index contributed by atoms with van der Waals surface area (Å²) >= 11 is 3.16. The third kappa shape index (κ3) is 6.41. The van der Waals surface area contributed by atoms with Gasteiger partial charge < -0.3 is 15.2 Å². The zero-order chi connectivity index (χ0) is 25.0. The smallest absolute Gasteiger partial charge is 0.272 e. The standard InChI is InChI=1S/C22H22BrF2N5O4/c1-12-29-20(34-10-13-4-5-14(24)6-16(13)25)18(23)21(32)30(12)9-15-7-27-17(8-26-15)19(31)28-11-22(2,3)33/h4-8,33H,9-11H2,1-3H3,(H,28,31). The zero-order valence-electron chi connectivity index (χ0n) is 18.6. The van der Waals surface area contributed by atoms with Gasteiger partial charge in [0.2, 0.25) is 5.88 Å². The minimum atomic E-state index is -1.06. The first-order chi connectivity index (χ1) is 15.9. The van der Waals surface area contributed by atoms with Gasteiger partial charge in [0.15, 0.2) is 0 Å². The van der Waals surface area contributed by atoms with Gasteiger partial charge in [-0.05, 0) is 48.8 Å². The van der Waals surface area contributed by atoms with Crippen molar-refractivity contribution >= 4 is 21.8 Å². The average Bonchev–Trinajstić information content (AvgIpc) is 2.77. The van der Waals surface area contributed by atoms with Crippen LogP contribution in [0.4, 0.5) is 8.78 Å². The Labute approximate surface area is 202 Å². The van der Waals surface area contributed by atoms with E-state index in [9.17, 15) is 23.5 Å². The summed E-state index contributed by atoms with van der Waals surface area (Å²) in [6.45, 7) is 4.54. The molecule has 0 fully saturated rings. The quantitative estimate of drug-likeness (QED) is 0.453. The Morgan fingerprint density at radius 2 is 2.00 bits per heavy atom. The van der Waals surface area contributed by atoms with Crippen molar-refractivity contribution in [3.05, 3.63) is 79.8 Å². The fourth-order valence-electron chi connectivity index (χ4n) is 2.78. The zero-order valence-corrected chi connectivity index (χ0v) is 20.2. The Bertz CT molecular complexity index is 1260. The van der Waals surface area contributed by atoms with E-state index in [1.807, 2.05) is 0 Å². The molecule has 2 aromatic heterocycles. The molecule has 3 aromatic rings. The lowest BCUT2D eigenvalue weighted by atomic mass is 10.1. The van der Waals surface area contributed by atoms with E-state index < -0.39 is 28.7 Å². The maximum Gasteiger partial charge on any atom is 0.272 e. The molecular formula is C22H22BrF2N5O4. The van der Waals surface area contributed by atoms with E-state index in [2.05, 4.69) is 36.2 Å². The first-order valence-corrected chi connectivity index (χ1v) is 10.9. The van der Waals surface area contributed by atoms with E-state index in [4.69, 9.17) is 4.74 Å². The Morgan fingerprint density at radius 1 is 1.26 bits per heavy atom. The summed E-state index contributed by atoms with van der Waals surface area (Å²) in [6.07, 6.45) is 2.63. The van der Waals surface area contributed by atoms with Gasteiger partial charge in [-0.25, -0.2) is 13.8 Å². The molecule has 3 rings (SSSR count). The molecule has 34 heavy (non-hydrogen) atoms. The van der Waals surface area contributed by atoms with Crippen LogP contribution in [-0.2, 0) is 13.2 Å². The minimum Gasteiger partial charge on any atom is -0.472 e. The van der Waals surface area contributed by atoms with Gasteiger partial charge in [-0.3, -0.25) is 19.1 Å². The van der Waals surface area contributed by atoms with E-state index in [0.717, 1.165) is 12.1 Å². The van der Waals surface area contributed by atoms with Crippen molar-refractivity contribution in [2.75, 3.05) is 6.54 Å². The Balaban J connectivity index is 1.72. The molecule has 2 N–H and O–H groups in total. The molecule has 12 heteroatoms. The number of aliphatic hydroxyl groups is 1. The lowest BCUT2D eigenvalue weighted by molar-refractivity contribution is 0.0691. The highest BCUT2D eigenvalue weighted by atomic mass is 79.9. The van der Waals surface area contributed by atoms with Crippen molar-refractivity contribution in [1.82, 2.24) is 24.8 Å². The number of benzene rings is 1. The average molecular weight is 538 g/mol. The molecule has 0 spiro atoms. The lowest BCUT2D eigenvalue weighted by Crippen LogP contribution is -2.38. The van der Waals surface area contributed by atoms with Gasteiger partial charge in [0, 0.05) is 18.2 Å². The maximum absolute atomic E-state index is 13.8. The number of hydrogen-bond acceptors (Lipinski definition) is 7. The second kappa shape index (κ2) is 10.3. The van der Waals surface area contributed by atoms with Crippen LogP contribution in [0.2, 0.25) is 0 Å². The number of halogens is 3. The molecule has 180 valence electrons. The van der Waals surface area contributed by atoms with Gasteiger partial charge in [0.1, 0.15) is 34.2 Å². The number of carbonyl (C=O) groups is 1. The van der Waals surface area contributed by atoms with Crippen molar-refractivity contribution in [1.29, 1.82) is 0 Å². The number of rotatable bonds is 8. The molecule has 9 nitrogen and oxygen atoms in total. The summed E-state index contributed by atoms with van der Waals surface area (Å²) in [7, 11) is 0. The molecular weight excluding hydrogens is 516 g/mol. The number of aromatic nitrogens is 4. The van der Waals surface area contributed by atoms with E-state index in [0.29, 0.717) is 11.5 Å². The van der Waals surface area contributed by atoms with Crippen LogP contribution in [0.15, 0.2) is 39.9 Å². The van der Waals surface area contributed by atoms with Crippen LogP contribution in [0.1, 0.15) is 41.4 Å². The number of hydrogen-bond donors (Lipinski definition) is 2. The predicted molar refractivity (Wildman–Crippen MR) is 121 cm³/mol. The van der Waals surface area contributed by atoms with Gasteiger partial charge in [-0.15, -0.1) is 0 Å². The van der Waals surface area contributed by atoms with Gasteiger partial charge in [-0.1, -0.05) is 0 Å². The van der Waals surface area contributed by atoms with Gasteiger partial charge in [-0.2, -0.15) is 4.98 Å². The molecule has 2 heterocycles. The van der Waals surface area contributed by atoms with Crippen molar-refractivity contribution in [3.63, 3.8) is 0 Å². The summed E-state index contributed by atoms with van der Waals surface area (Å²) in [5, 5.41) is 12.2. The van der Waals surface area contributed by atoms with Gasteiger partial charge in [0.05, 0.1) is 30.2 Å². The molecule has 0 atom stereocenters. The van der Waals surface area contributed by atoms with Crippen LogP contribution in [-0.4, -0.2) is 42.7 Å². The summed E-state index contributed by atoms with van der Waals surface area (Å²) in [5.41, 5.74) is -0.951. The molecule has 0 saturated heterocycles. The highest BCUT2D eigenvalue weighted by molar-refractivity contribution is 9.10. The first-order valence-electron chi connectivity index (χ1n) is 10.1. The van der Waals surface area contributed by atoms with Crippen molar-refractivity contribution in [3.8, 4) is 5.88 Å². The van der Waals surface area contributed by atoms with Crippen molar-refractivity contribution < 1.29 is 23.4 Å². The Kier molecular flexibility index (Phi) is 7.72. The summed E-state index contributed by atoms with van der Waals surface area (Å²) in [5.74, 6) is -1.69. The number of amides is 1. The number of nitrogens with zero attached hydrogens (tertiary/aromatic N) is 4. The second-order valence-corrected chi connectivity index (χ2v) is 8.87. The number of aryl methyl sites for hydroxylation is 1. The Morgan fingerprint density at radius 3 is 2.62 bits per heavy atom. The molecule has 0 bridgehead atoms. The first kappa shape index (κ1) is 25.4. The SMILES string of the molecule is Cc1nc(OCc2ccc(F)cc2F)c(Br)c(=O)n1Cc1cnc(C(=O)NCC(C)(C)O)cn1. The molecule has 0 aliphatic heterocycles. The molecule has 0 unspecified atom stereocenters. The normalized spacial score (nSPS) is 11.4. The topological polar surface area (TPSA) is 119 Å². The summed E-state index contributed by atoms with van der Waals surface area (Å²) in [4.78, 5) is 37.4. The van der Waals surface area contributed by atoms with Gasteiger partial charge >= 0.3 is 0 Å². The van der Waals surface area contributed by atoms with Crippen LogP contribution in [0, 0.1) is 18.6 Å². The van der Waals surface area contributed by atoms with E-state index >= 15 is 0 Å². The van der Waals surface area contributed by atoms with Crippen LogP contribution < -0.4 is 15.6 Å². The number of ether oxygens (including phenoxy) is 1. The predicted octanol–water partition coefficient (Wildman–Crippen LogP) is 2.51. The minimum absolute atomic E-state index is 0.0243. The van der Waals surface area contributed by atoms with Gasteiger partial charge in [0.25, 0.3) is 11.5 Å². The fourth-order valence-corrected chi connectivity index (χ4v) is 3.20. The largest absolute Gasteiger partial charge is 0.472 e. The van der Waals surface area contributed by atoms with E-state index in [1.165, 1.54) is 23.0 Å². The molecule has 1 amide bonds. The summed E-state index contributed by atoms with van der Waals surface area (Å²) < 4.78 is 33.7. The lowest BCUT2D eigenvalue weighted by Gasteiger charge is -2.17. The van der Waals surface area contributed by atoms with Crippen LogP contribution in [0.25, 0.3) is 0 Å². The molecule has 0 aliphatic carbocycles. The second-order valence-electron chi connectivity index (χ2n) is 8.08. The summed E-state index contributed by atoms with van der Waals surface area (Å²) in [6, 6.07) is 3.10. The van der Waals surface area contributed by atoms with Crippen molar-refractivity contribution in [2.45, 2.75) is 39.5 Å².